The maximum Gasteiger partial charge on any atom is 0.162 e. The Balaban J connectivity index is 1.48. The summed E-state index contributed by atoms with van der Waals surface area (Å²) >= 11 is 0. The van der Waals surface area contributed by atoms with Gasteiger partial charge in [0.1, 0.15) is 5.75 Å². The van der Waals surface area contributed by atoms with Crippen LogP contribution in [0, 0.1) is 0 Å². The lowest BCUT2D eigenvalue weighted by molar-refractivity contribution is 0.235. The molecule has 148 valence electrons. The molecule has 0 bridgehead atoms. The van der Waals surface area contributed by atoms with Crippen LogP contribution >= 0.6 is 0 Å². The number of rotatable bonds is 3. The van der Waals surface area contributed by atoms with E-state index >= 15 is 0 Å². The summed E-state index contributed by atoms with van der Waals surface area (Å²) in [6.07, 6.45) is 7.54. The minimum atomic E-state index is 0.116. The van der Waals surface area contributed by atoms with Crippen LogP contribution in [0.5, 0.6) is 5.75 Å². The van der Waals surface area contributed by atoms with Gasteiger partial charge in [0, 0.05) is 34.8 Å². The van der Waals surface area contributed by atoms with Crippen molar-refractivity contribution < 1.29 is 5.11 Å². The van der Waals surface area contributed by atoms with E-state index in [1.807, 2.05) is 18.2 Å². The minimum Gasteiger partial charge on any atom is -0.507 e. The van der Waals surface area contributed by atoms with Crippen LogP contribution in [0.3, 0.4) is 0 Å². The normalized spacial score (nSPS) is 18.9. The topological polar surface area (TPSA) is 93.7 Å². The summed E-state index contributed by atoms with van der Waals surface area (Å²) in [5, 5.41) is 31.8. The van der Waals surface area contributed by atoms with Crippen molar-refractivity contribution in [3.8, 4) is 22.7 Å². The number of aromatic hydroxyl groups is 1. The smallest absolute Gasteiger partial charge is 0.162 e. The van der Waals surface area contributed by atoms with E-state index < -0.39 is 0 Å². The summed E-state index contributed by atoms with van der Waals surface area (Å²) in [5.74, 6) is 0.131. The van der Waals surface area contributed by atoms with E-state index in [1.54, 1.807) is 23.1 Å². The van der Waals surface area contributed by atoms with Crippen LogP contribution in [0.25, 0.3) is 28.0 Å². The van der Waals surface area contributed by atoms with E-state index in [0.717, 1.165) is 36.1 Å². The van der Waals surface area contributed by atoms with Crippen molar-refractivity contribution in [2.24, 2.45) is 0 Å². The lowest BCUT2D eigenvalue weighted by Gasteiger charge is -2.37. The number of fused-ring (bicyclic) bond motifs is 1. The van der Waals surface area contributed by atoms with Crippen molar-refractivity contribution in [2.75, 3.05) is 6.54 Å². The predicted molar refractivity (Wildman–Crippen MR) is 110 cm³/mol. The van der Waals surface area contributed by atoms with Gasteiger partial charge in [-0.2, -0.15) is 0 Å². The average Bonchev–Trinajstić information content (AvgIpc) is 3.37. The highest BCUT2D eigenvalue weighted by Crippen LogP contribution is 2.33. The zero-order valence-corrected chi connectivity index (χ0v) is 16.4. The molecule has 8 heteroatoms. The summed E-state index contributed by atoms with van der Waals surface area (Å²) in [5.41, 5.74) is 3.01. The molecular weight excluding hydrogens is 366 g/mol. The highest BCUT2D eigenvalue weighted by molar-refractivity contribution is 5.81. The van der Waals surface area contributed by atoms with Crippen LogP contribution < -0.4 is 5.32 Å². The lowest BCUT2D eigenvalue weighted by Crippen LogP contribution is -2.46. The van der Waals surface area contributed by atoms with E-state index in [1.165, 1.54) is 0 Å². The first-order valence-corrected chi connectivity index (χ1v) is 9.80. The Morgan fingerprint density at radius 1 is 1.14 bits per heavy atom. The quantitative estimate of drug-likeness (QED) is 0.559. The first kappa shape index (κ1) is 17.8. The van der Waals surface area contributed by atoms with Gasteiger partial charge in [0.25, 0.3) is 0 Å². The summed E-state index contributed by atoms with van der Waals surface area (Å²) in [4.78, 5) is 0. The van der Waals surface area contributed by atoms with E-state index in [0.29, 0.717) is 17.3 Å². The van der Waals surface area contributed by atoms with Gasteiger partial charge in [-0.05, 0) is 57.5 Å². The van der Waals surface area contributed by atoms with Gasteiger partial charge in [0.2, 0.25) is 0 Å². The Kier molecular flexibility index (Phi) is 4.09. The SMILES string of the molecule is CC1(C)CC(n2ccc3cc(-c4ccc(-n5ccnn5)cc4O)nnc32)CCN1. The van der Waals surface area contributed by atoms with Crippen LogP contribution in [0.15, 0.2) is 48.9 Å². The molecule has 1 saturated heterocycles. The number of aromatic nitrogens is 6. The van der Waals surface area contributed by atoms with E-state index in [9.17, 15) is 5.11 Å². The van der Waals surface area contributed by atoms with Crippen LogP contribution in [-0.4, -0.2) is 46.9 Å². The van der Waals surface area contributed by atoms with E-state index in [2.05, 4.69) is 56.5 Å². The molecule has 8 nitrogen and oxygen atoms in total. The summed E-state index contributed by atoms with van der Waals surface area (Å²) in [7, 11) is 0. The molecule has 1 fully saturated rings. The second kappa shape index (κ2) is 6.66. The van der Waals surface area contributed by atoms with Gasteiger partial charge in [0.05, 0.1) is 23.8 Å². The third-order valence-corrected chi connectivity index (χ3v) is 5.63. The van der Waals surface area contributed by atoms with Gasteiger partial charge in [-0.15, -0.1) is 15.3 Å². The van der Waals surface area contributed by atoms with Gasteiger partial charge in [0.15, 0.2) is 5.65 Å². The summed E-state index contributed by atoms with van der Waals surface area (Å²) in [6, 6.07) is 9.81. The highest BCUT2D eigenvalue weighted by Gasteiger charge is 2.29. The molecule has 4 heterocycles. The number of nitrogens with zero attached hydrogens (tertiary/aromatic N) is 6. The van der Waals surface area contributed by atoms with Crippen LogP contribution in [0.2, 0.25) is 0 Å². The fraction of sp³-hybridized carbons (Fsp3) is 0.333. The van der Waals surface area contributed by atoms with Gasteiger partial charge in [-0.3, -0.25) is 0 Å². The maximum absolute atomic E-state index is 10.5. The Hall–Kier alpha value is -3.26. The number of piperidine rings is 1. The second-order valence-electron chi connectivity index (χ2n) is 8.24. The van der Waals surface area contributed by atoms with E-state index in [4.69, 9.17) is 0 Å². The summed E-state index contributed by atoms with van der Waals surface area (Å²) in [6.45, 7) is 5.47. The van der Waals surface area contributed by atoms with Crippen molar-refractivity contribution in [1.82, 2.24) is 35.1 Å². The fourth-order valence-electron chi connectivity index (χ4n) is 4.18. The lowest BCUT2D eigenvalue weighted by atomic mass is 9.89. The predicted octanol–water partition coefficient (Wildman–Crippen LogP) is 3.09. The Bertz CT molecular complexity index is 1160. The fourth-order valence-corrected chi connectivity index (χ4v) is 4.18. The molecule has 1 aliphatic rings. The molecule has 0 saturated carbocycles. The molecule has 0 radical (unpaired) electrons. The third-order valence-electron chi connectivity index (χ3n) is 5.63. The van der Waals surface area contributed by atoms with Crippen LogP contribution in [0.4, 0.5) is 0 Å². The van der Waals surface area contributed by atoms with Crippen LogP contribution in [0.1, 0.15) is 32.7 Å². The van der Waals surface area contributed by atoms with Crippen molar-refractivity contribution in [1.29, 1.82) is 0 Å². The first-order valence-electron chi connectivity index (χ1n) is 9.80. The maximum atomic E-state index is 10.5. The molecule has 4 aromatic rings. The number of hydrogen-bond donors (Lipinski definition) is 2. The first-order chi connectivity index (χ1) is 14.0. The monoisotopic (exact) mass is 389 g/mol. The number of phenols is 1. The molecule has 5 rings (SSSR count). The highest BCUT2D eigenvalue weighted by atomic mass is 16.3. The van der Waals surface area contributed by atoms with Gasteiger partial charge in [-0.1, -0.05) is 5.21 Å². The summed E-state index contributed by atoms with van der Waals surface area (Å²) < 4.78 is 3.83. The number of nitrogens with one attached hydrogen (secondary N) is 1. The molecular formula is C21H23N7O. The van der Waals surface area contributed by atoms with Gasteiger partial charge < -0.3 is 15.0 Å². The Labute approximate surface area is 168 Å². The zero-order valence-electron chi connectivity index (χ0n) is 16.4. The largest absolute Gasteiger partial charge is 0.507 e. The molecule has 2 N–H and O–H groups in total. The minimum absolute atomic E-state index is 0.116. The van der Waals surface area contributed by atoms with Crippen molar-refractivity contribution in [2.45, 2.75) is 38.3 Å². The second-order valence-corrected chi connectivity index (χ2v) is 8.24. The molecule has 1 unspecified atom stereocenters. The zero-order chi connectivity index (χ0) is 20.0. The standard InChI is InChI=1S/C21H23N7O/c1-21(2)13-16(5-7-22-21)27-9-6-14-11-18(24-25-20(14)27)17-4-3-15(12-19(17)29)28-10-8-23-26-28/h3-4,6,8-12,16,22,29H,5,7,13H2,1-2H3. The molecule has 3 aromatic heterocycles. The molecule has 1 atom stereocenters. The van der Waals surface area contributed by atoms with Crippen molar-refractivity contribution in [3.63, 3.8) is 0 Å². The number of hydrogen-bond acceptors (Lipinski definition) is 6. The molecule has 0 amide bonds. The number of benzene rings is 1. The molecule has 29 heavy (non-hydrogen) atoms. The molecule has 1 aliphatic heterocycles. The number of phenolic OH excluding ortho intramolecular Hbond substituents is 1. The van der Waals surface area contributed by atoms with Gasteiger partial charge >= 0.3 is 0 Å². The van der Waals surface area contributed by atoms with Crippen LogP contribution in [-0.2, 0) is 0 Å². The van der Waals surface area contributed by atoms with Crippen molar-refractivity contribution in [3.05, 3.63) is 48.9 Å². The molecule has 1 aromatic carbocycles. The Morgan fingerprint density at radius 2 is 2.03 bits per heavy atom. The Morgan fingerprint density at radius 3 is 2.79 bits per heavy atom. The molecule has 0 aliphatic carbocycles. The van der Waals surface area contributed by atoms with Gasteiger partial charge in [-0.25, -0.2) is 4.68 Å². The third kappa shape index (κ3) is 3.25. The van der Waals surface area contributed by atoms with Crippen molar-refractivity contribution >= 4 is 11.0 Å². The molecule has 0 spiro atoms. The van der Waals surface area contributed by atoms with E-state index in [-0.39, 0.29) is 11.3 Å². The average molecular weight is 389 g/mol.